The van der Waals surface area contributed by atoms with Crippen molar-refractivity contribution in [1.82, 2.24) is 4.98 Å². The smallest absolute Gasteiger partial charge is 0.227 e. The van der Waals surface area contributed by atoms with Crippen LogP contribution in [0, 0.1) is 0 Å². The van der Waals surface area contributed by atoms with Crippen LogP contribution in [0.25, 0.3) is 33.2 Å². The molecule has 0 saturated heterocycles. The second-order valence-electron chi connectivity index (χ2n) is 10.5. The Hall–Kier alpha value is -4.57. The normalized spacial score (nSPS) is 20.4. The summed E-state index contributed by atoms with van der Waals surface area (Å²) in [6, 6.07) is 25.6. The number of aryl methyl sites for hydroxylation is 1. The molecule has 4 nitrogen and oxygen atoms in total. The Balaban J connectivity index is 1.36. The second-order valence-corrected chi connectivity index (χ2v) is 10.5. The van der Waals surface area contributed by atoms with E-state index in [1.54, 1.807) is 0 Å². The predicted octanol–water partition coefficient (Wildman–Crippen LogP) is 8.45. The van der Waals surface area contributed by atoms with E-state index in [-0.39, 0.29) is 12.0 Å². The number of allylic oxidation sites excluding steroid dienone is 1. The van der Waals surface area contributed by atoms with Crippen LogP contribution in [0.1, 0.15) is 47.9 Å². The molecule has 0 saturated carbocycles. The van der Waals surface area contributed by atoms with Gasteiger partial charge in [0, 0.05) is 51.8 Å². The summed E-state index contributed by atoms with van der Waals surface area (Å²) in [6.45, 7) is 10.5. The molecule has 0 N–H and O–H groups in total. The lowest BCUT2D eigenvalue weighted by atomic mass is 9.78. The quantitative estimate of drug-likeness (QED) is 0.241. The monoisotopic (exact) mass is 507 g/mol. The average Bonchev–Trinajstić information content (AvgIpc) is 3.32. The molecule has 39 heavy (non-hydrogen) atoms. The van der Waals surface area contributed by atoms with Crippen LogP contribution in [0.15, 0.2) is 118 Å². The summed E-state index contributed by atoms with van der Waals surface area (Å²) in [5, 5.41) is 2.08. The number of hydrogen-bond donors (Lipinski definition) is 0. The van der Waals surface area contributed by atoms with Crippen molar-refractivity contribution in [2.24, 2.45) is 9.98 Å². The molecule has 7 rings (SSSR count). The van der Waals surface area contributed by atoms with Crippen LogP contribution in [0.2, 0.25) is 0 Å². The van der Waals surface area contributed by atoms with E-state index in [4.69, 9.17) is 14.4 Å². The van der Waals surface area contributed by atoms with E-state index in [1.165, 1.54) is 16.7 Å². The van der Waals surface area contributed by atoms with Crippen LogP contribution in [-0.4, -0.2) is 22.4 Å². The summed E-state index contributed by atoms with van der Waals surface area (Å²) >= 11 is 0. The standard InChI is InChI=1S/C35H29N3O/c1-4-32-27-13-9-8-12-26(27)28-15-14-24-18-34-30(19-29(24)22(3)37-21(2)16-33(28)38-32)31-17-25(20-36-35(31)39-34)23-10-6-5-7-11-23/h4-13,17-20,28,33H,1-2,14-16H2,3H3/b37-22-. The summed E-state index contributed by atoms with van der Waals surface area (Å²) in [4.78, 5) is 14.8. The van der Waals surface area contributed by atoms with E-state index in [0.29, 0.717) is 5.71 Å². The SMILES string of the molecule is C=CC1=NC2CC(=C)/N=C(/C)c3cc4c(cc3CCC2c2ccccc21)oc1ncc(-c2ccccc2)cc14. The van der Waals surface area contributed by atoms with Crippen molar-refractivity contribution in [1.29, 1.82) is 0 Å². The molecule has 190 valence electrons. The molecule has 0 amide bonds. The fraction of sp³-hybridized carbons (Fsp3) is 0.171. The van der Waals surface area contributed by atoms with Crippen molar-refractivity contribution in [2.45, 2.75) is 38.1 Å². The number of rotatable bonds is 2. The predicted molar refractivity (Wildman–Crippen MR) is 161 cm³/mol. The molecule has 0 spiro atoms. The van der Waals surface area contributed by atoms with E-state index in [1.807, 2.05) is 30.5 Å². The van der Waals surface area contributed by atoms with Crippen LogP contribution >= 0.6 is 0 Å². The van der Waals surface area contributed by atoms with Crippen LogP contribution < -0.4 is 0 Å². The third kappa shape index (κ3) is 4.04. The molecule has 3 aromatic carbocycles. The molecule has 0 bridgehead atoms. The lowest BCUT2D eigenvalue weighted by Crippen LogP contribution is -2.27. The largest absolute Gasteiger partial charge is 0.438 e. The Kier molecular flexibility index (Phi) is 5.62. The maximum atomic E-state index is 6.28. The van der Waals surface area contributed by atoms with E-state index in [0.717, 1.165) is 69.4 Å². The van der Waals surface area contributed by atoms with Gasteiger partial charge in [0.15, 0.2) is 0 Å². The zero-order valence-electron chi connectivity index (χ0n) is 22.0. The van der Waals surface area contributed by atoms with Crippen molar-refractivity contribution in [2.75, 3.05) is 0 Å². The number of hydrogen-bond acceptors (Lipinski definition) is 4. The van der Waals surface area contributed by atoms with Gasteiger partial charge in [-0.15, -0.1) is 0 Å². The van der Waals surface area contributed by atoms with Gasteiger partial charge < -0.3 is 4.42 Å². The van der Waals surface area contributed by atoms with Gasteiger partial charge in [0.05, 0.1) is 11.8 Å². The van der Waals surface area contributed by atoms with Gasteiger partial charge in [-0.25, -0.2) is 4.98 Å². The molecule has 2 atom stereocenters. The highest BCUT2D eigenvalue weighted by molar-refractivity contribution is 6.11. The number of furan rings is 1. The molecule has 2 unspecified atom stereocenters. The number of nitrogens with zero attached hydrogens (tertiary/aromatic N) is 3. The Bertz CT molecular complexity index is 1840. The molecule has 0 fully saturated rings. The van der Waals surface area contributed by atoms with Gasteiger partial charge in [-0.05, 0) is 66.3 Å². The van der Waals surface area contributed by atoms with Crippen molar-refractivity contribution in [3.8, 4) is 11.1 Å². The summed E-state index contributed by atoms with van der Waals surface area (Å²) < 4.78 is 6.28. The van der Waals surface area contributed by atoms with Crippen molar-refractivity contribution in [3.63, 3.8) is 0 Å². The zero-order chi connectivity index (χ0) is 26.5. The van der Waals surface area contributed by atoms with Gasteiger partial charge in [-0.2, -0.15) is 0 Å². The van der Waals surface area contributed by atoms with Gasteiger partial charge in [-0.1, -0.05) is 67.8 Å². The maximum absolute atomic E-state index is 6.28. The molecule has 2 aliphatic rings. The Labute approximate surface area is 228 Å². The fourth-order valence-electron chi connectivity index (χ4n) is 6.27. The highest BCUT2D eigenvalue weighted by Crippen LogP contribution is 2.39. The lowest BCUT2D eigenvalue weighted by Gasteiger charge is -2.32. The van der Waals surface area contributed by atoms with Crippen molar-refractivity contribution < 1.29 is 4.42 Å². The number of pyridine rings is 1. The number of fused-ring (bicyclic) bond motifs is 7. The molecule has 0 aliphatic carbocycles. The van der Waals surface area contributed by atoms with Gasteiger partial charge in [0.25, 0.3) is 0 Å². The van der Waals surface area contributed by atoms with Gasteiger partial charge in [-0.3, -0.25) is 9.98 Å². The third-order valence-corrected chi connectivity index (χ3v) is 8.14. The van der Waals surface area contributed by atoms with Crippen molar-refractivity contribution >= 4 is 33.5 Å². The first-order chi connectivity index (χ1) is 19.1. The van der Waals surface area contributed by atoms with Gasteiger partial charge in [0.2, 0.25) is 5.71 Å². The Morgan fingerprint density at radius 2 is 1.74 bits per heavy atom. The van der Waals surface area contributed by atoms with E-state index in [9.17, 15) is 0 Å². The number of benzene rings is 3. The van der Waals surface area contributed by atoms with Crippen LogP contribution in [0.5, 0.6) is 0 Å². The summed E-state index contributed by atoms with van der Waals surface area (Å²) in [5.41, 5.74) is 11.4. The first-order valence-corrected chi connectivity index (χ1v) is 13.5. The minimum Gasteiger partial charge on any atom is -0.438 e. The molecule has 0 radical (unpaired) electrons. The lowest BCUT2D eigenvalue weighted by molar-refractivity contribution is 0.490. The topological polar surface area (TPSA) is 50.8 Å². The highest BCUT2D eigenvalue weighted by atomic mass is 16.3. The third-order valence-electron chi connectivity index (χ3n) is 8.14. The van der Waals surface area contributed by atoms with E-state index < -0.39 is 0 Å². The first-order valence-electron chi connectivity index (χ1n) is 13.5. The molecular weight excluding hydrogens is 478 g/mol. The Morgan fingerprint density at radius 3 is 2.59 bits per heavy atom. The van der Waals surface area contributed by atoms with Crippen molar-refractivity contribution in [3.05, 3.63) is 126 Å². The average molecular weight is 508 g/mol. The van der Waals surface area contributed by atoms with E-state index >= 15 is 0 Å². The number of aromatic nitrogens is 1. The number of aliphatic imine (C=N–C) groups is 2. The maximum Gasteiger partial charge on any atom is 0.227 e. The molecule has 2 aliphatic heterocycles. The summed E-state index contributed by atoms with van der Waals surface area (Å²) in [6.07, 6.45) is 6.37. The van der Waals surface area contributed by atoms with Crippen LogP contribution in [0.4, 0.5) is 0 Å². The molecule has 5 aromatic rings. The van der Waals surface area contributed by atoms with Gasteiger partial charge in [0.1, 0.15) is 5.58 Å². The summed E-state index contributed by atoms with van der Waals surface area (Å²) in [5.74, 6) is 0.282. The first kappa shape index (κ1) is 23.5. The van der Waals surface area contributed by atoms with Crippen LogP contribution in [0.3, 0.4) is 0 Å². The fourth-order valence-corrected chi connectivity index (χ4v) is 6.27. The molecular formula is C35H29N3O. The summed E-state index contributed by atoms with van der Waals surface area (Å²) in [7, 11) is 0. The molecule has 2 aromatic heterocycles. The van der Waals surface area contributed by atoms with Gasteiger partial charge >= 0.3 is 0 Å². The minimum atomic E-state index is 0.0917. The van der Waals surface area contributed by atoms with E-state index in [2.05, 4.69) is 79.7 Å². The Morgan fingerprint density at radius 1 is 0.923 bits per heavy atom. The molecule has 4 heterocycles. The second kappa shape index (κ2) is 9.32. The van der Waals surface area contributed by atoms with Crippen LogP contribution in [-0.2, 0) is 6.42 Å². The highest BCUT2D eigenvalue weighted by Gasteiger charge is 2.31. The molecule has 4 heteroatoms. The zero-order valence-corrected chi connectivity index (χ0v) is 22.0. The minimum absolute atomic E-state index is 0.0917.